The zero-order chi connectivity index (χ0) is 20.4. The number of hydrogen-bond donors (Lipinski definition) is 1. The summed E-state index contributed by atoms with van der Waals surface area (Å²) < 4.78 is 5.75. The summed E-state index contributed by atoms with van der Waals surface area (Å²) >= 11 is 4.58. The van der Waals surface area contributed by atoms with Crippen LogP contribution < -0.4 is 0 Å². The van der Waals surface area contributed by atoms with Gasteiger partial charge in [0.05, 0.1) is 6.54 Å². The summed E-state index contributed by atoms with van der Waals surface area (Å²) in [5.41, 5.74) is 0.204. The molecule has 0 aliphatic carbocycles. The van der Waals surface area contributed by atoms with E-state index in [1.165, 1.54) is 17.2 Å². The highest BCUT2D eigenvalue weighted by Gasteiger charge is 2.69. The van der Waals surface area contributed by atoms with Gasteiger partial charge in [0.15, 0.2) is 10.4 Å². The van der Waals surface area contributed by atoms with Gasteiger partial charge in [0.2, 0.25) is 5.91 Å². The number of alkyl halides is 1. The van der Waals surface area contributed by atoms with Crippen LogP contribution in [0.15, 0.2) is 17.3 Å². The molecule has 28 heavy (non-hydrogen) atoms. The largest absolute Gasteiger partial charge is 0.477 e. The van der Waals surface area contributed by atoms with Gasteiger partial charge < -0.3 is 19.3 Å². The second-order valence-corrected chi connectivity index (χ2v) is 8.96. The molecule has 1 aromatic rings. The van der Waals surface area contributed by atoms with Crippen molar-refractivity contribution in [3.63, 3.8) is 0 Å². The van der Waals surface area contributed by atoms with Crippen LogP contribution in [0.25, 0.3) is 0 Å². The van der Waals surface area contributed by atoms with Crippen molar-refractivity contribution in [3.8, 4) is 0 Å². The minimum Gasteiger partial charge on any atom is -0.477 e. The maximum atomic E-state index is 12.9. The number of amides is 2. The number of imidazole rings is 1. The van der Waals surface area contributed by atoms with Crippen molar-refractivity contribution in [1.82, 2.24) is 19.4 Å². The Hall–Kier alpha value is -2.34. The number of hydrogen-bond acceptors (Lipinski definition) is 7. The summed E-state index contributed by atoms with van der Waals surface area (Å²) in [5, 5.41) is 10.1. The third kappa shape index (κ3) is 2.58. The Morgan fingerprint density at radius 2 is 2.14 bits per heavy atom. The lowest BCUT2D eigenvalue weighted by atomic mass is 9.89. The van der Waals surface area contributed by atoms with E-state index in [2.05, 4.69) is 20.9 Å². The number of carboxylic acids is 1. The summed E-state index contributed by atoms with van der Waals surface area (Å²) in [4.78, 5) is 55.1. The Kier molecular flexibility index (Phi) is 4.30. The maximum absolute atomic E-state index is 12.9. The molecule has 1 aromatic heterocycles. The molecule has 148 valence electrons. The zero-order valence-corrected chi connectivity index (χ0v) is 17.2. The third-order valence-electron chi connectivity index (χ3n) is 4.85. The zero-order valence-electron chi connectivity index (χ0n) is 14.8. The first kappa shape index (κ1) is 19.0. The van der Waals surface area contributed by atoms with Gasteiger partial charge in [-0.25, -0.2) is 9.78 Å². The van der Waals surface area contributed by atoms with Crippen LogP contribution in [-0.4, -0.2) is 65.0 Å². The highest BCUT2D eigenvalue weighted by Crippen LogP contribution is 2.57. The SMILES string of the molecule is CC(=O)OC(c1cn2c(n1)CN(C)C(=O)C2)C1(Br)C(=O)N2C(C(=O)O)=CS[C@@H]21. The molecule has 10 nitrogen and oxygen atoms in total. The average Bonchev–Trinajstić information content (AvgIpc) is 3.21. The summed E-state index contributed by atoms with van der Waals surface area (Å²) in [5.74, 6) is -1.81. The fourth-order valence-electron chi connectivity index (χ4n) is 3.45. The first-order chi connectivity index (χ1) is 13.1. The fourth-order valence-corrected chi connectivity index (χ4v) is 5.73. The Labute approximate surface area is 171 Å². The van der Waals surface area contributed by atoms with Crippen LogP contribution in [-0.2, 0) is 37.0 Å². The van der Waals surface area contributed by atoms with Crippen LogP contribution in [0.5, 0.6) is 0 Å². The monoisotopic (exact) mass is 470 g/mol. The molecule has 3 aliphatic heterocycles. The Balaban J connectivity index is 1.70. The molecule has 1 saturated heterocycles. The number of ether oxygens (including phenoxy) is 1. The highest BCUT2D eigenvalue weighted by atomic mass is 79.9. The second-order valence-electron chi connectivity index (χ2n) is 6.69. The number of aliphatic carboxylic acids is 1. The van der Waals surface area contributed by atoms with Crippen molar-refractivity contribution in [1.29, 1.82) is 0 Å². The number of likely N-dealkylation sites (N-methyl/N-ethyl adjacent to an activating group) is 1. The number of thioether (sulfide) groups is 1. The van der Waals surface area contributed by atoms with Crippen LogP contribution in [0.4, 0.5) is 0 Å². The third-order valence-corrected chi connectivity index (χ3v) is 7.54. The molecule has 4 heterocycles. The van der Waals surface area contributed by atoms with E-state index in [9.17, 15) is 24.3 Å². The molecule has 0 spiro atoms. The summed E-state index contributed by atoms with van der Waals surface area (Å²) in [6, 6.07) is 0. The summed E-state index contributed by atoms with van der Waals surface area (Å²) in [7, 11) is 1.66. The quantitative estimate of drug-likeness (QED) is 0.381. The number of β-lactam (4-membered cyclic amide) rings is 1. The molecular formula is C16H15BrN4O6S. The molecule has 0 aromatic carbocycles. The van der Waals surface area contributed by atoms with Crippen molar-refractivity contribution in [2.45, 2.75) is 35.8 Å². The lowest BCUT2D eigenvalue weighted by molar-refractivity contribution is -0.162. The van der Waals surface area contributed by atoms with Gasteiger partial charge in [-0.2, -0.15) is 0 Å². The minimum absolute atomic E-state index is 0.0819. The van der Waals surface area contributed by atoms with Gasteiger partial charge in [-0.15, -0.1) is 11.8 Å². The summed E-state index contributed by atoms with van der Waals surface area (Å²) in [6.45, 7) is 1.62. The molecule has 0 saturated carbocycles. The number of halogens is 1. The molecule has 3 aliphatic rings. The molecule has 2 unspecified atom stereocenters. The van der Waals surface area contributed by atoms with Gasteiger partial charge in [-0.3, -0.25) is 19.3 Å². The van der Waals surface area contributed by atoms with Gasteiger partial charge in [0, 0.05) is 25.6 Å². The van der Waals surface area contributed by atoms with Gasteiger partial charge in [-0.1, -0.05) is 15.9 Å². The molecule has 2 amide bonds. The van der Waals surface area contributed by atoms with Gasteiger partial charge in [0.1, 0.15) is 29.1 Å². The standard InChI is InChI=1S/C16H15BrN4O6S/c1-7(22)27-12(8-3-20-5-11(23)19(2)4-10(20)18-8)16(17)14(26)21-9(13(24)25)6-28-15(16)21/h3,6,12,15H,4-5H2,1-2H3,(H,24,25)/t12?,15-,16?/m1/s1. The number of rotatable bonds is 4. The molecule has 3 atom stereocenters. The maximum Gasteiger partial charge on any atom is 0.353 e. The number of nitrogens with zero attached hydrogens (tertiary/aromatic N) is 4. The second kappa shape index (κ2) is 6.34. The minimum atomic E-state index is -1.36. The fraction of sp³-hybridized carbons (Fsp3) is 0.438. The number of esters is 1. The Bertz CT molecular complexity index is 961. The highest BCUT2D eigenvalue weighted by molar-refractivity contribution is 9.10. The topological polar surface area (TPSA) is 122 Å². The summed E-state index contributed by atoms with van der Waals surface area (Å²) in [6.07, 6.45) is 0.518. The lowest BCUT2D eigenvalue weighted by Gasteiger charge is -2.51. The Morgan fingerprint density at radius 1 is 1.43 bits per heavy atom. The molecule has 4 rings (SSSR count). The normalized spacial score (nSPS) is 27.0. The number of carboxylic acid groups (broad SMARTS) is 1. The van der Waals surface area contributed by atoms with Crippen LogP contribution >= 0.6 is 27.7 Å². The van der Waals surface area contributed by atoms with Crippen molar-refractivity contribution in [3.05, 3.63) is 28.8 Å². The molecule has 12 heteroatoms. The van der Waals surface area contributed by atoms with E-state index in [0.29, 0.717) is 18.1 Å². The van der Waals surface area contributed by atoms with Gasteiger partial charge in [-0.05, 0) is 0 Å². The number of carbonyl (C=O) groups excluding carboxylic acids is 3. The van der Waals surface area contributed by atoms with E-state index in [4.69, 9.17) is 4.74 Å². The van der Waals surface area contributed by atoms with Gasteiger partial charge >= 0.3 is 11.9 Å². The predicted octanol–water partition coefficient (Wildman–Crippen LogP) is 0.434. The number of fused-ring (bicyclic) bond motifs is 2. The predicted molar refractivity (Wildman–Crippen MR) is 98.8 cm³/mol. The smallest absolute Gasteiger partial charge is 0.353 e. The van der Waals surface area contributed by atoms with E-state index >= 15 is 0 Å². The van der Waals surface area contributed by atoms with Crippen molar-refractivity contribution >= 4 is 51.4 Å². The van der Waals surface area contributed by atoms with E-state index in [0.717, 1.165) is 16.7 Å². The van der Waals surface area contributed by atoms with Crippen LogP contribution in [0.1, 0.15) is 24.5 Å². The molecule has 0 bridgehead atoms. The van der Waals surface area contributed by atoms with Crippen LogP contribution in [0, 0.1) is 0 Å². The first-order valence-electron chi connectivity index (χ1n) is 8.23. The van der Waals surface area contributed by atoms with E-state index in [1.807, 2.05) is 0 Å². The van der Waals surface area contributed by atoms with Gasteiger partial charge in [0.25, 0.3) is 5.91 Å². The van der Waals surface area contributed by atoms with Crippen LogP contribution in [0.3, 0.4) is 0 Å². The van der Waals surface area contributed by atoms with E-state index in [-0.39, 0.29) is 18.1 Å². The molecule has 1 N–H and O–H groups in total. The molecule has 0 radical (unpaired) electrons. The molecule has 1 fully saturated rings. The van der Waals surface area contributed by atoms with E-state index in [1.54, 1.807) is 17.8 Å². The molecular weight excluding hydrogens is 456 g/mol. The van der Waals surface area contributed by atoms with Crippen molar-refractivity contribution in [2.75, 3.05) is 7.05 Å². The number of aromatic nitrogens is 2. The average molecular weight is 471 g/mol. The van der Waals surface area contributed by atoms with Crippen LogP contribution in [0.2, 0.25) is 0 Å². The lowest BCUT2D eigenvalue weighted by Crippen LogP contribution is -2.70. The Morgan fingerprint density at radius 3 is 2.79 bits per heavy atom. The van der Waals surface area contributed by atoms with Crippen molar-refractivity contribution < 1.29 is 29.0 Å². The van der Waals surface area contributed by atoms with E-state index < -0.39 is 33.6 Å². The number of carbonyl (C=O) groups is 4. The first-order valence-corrected chi connectivity index (χ1v) is 9.96. The van der Waals surface area contributed by atoms with Crippen molar-refractivity contribution in [2.24, 2.45) is 0 Å².